The van der Waals surface area contributed by atoms with Crippen molar-refractivity contribution < 1.29 is 14.2 Å². The highest BCUT2D eigenvalue weighted by Crippen LogP contribution is 2.42. The minimum atomic E-state index is -0.274. The number of hydrogen-bond donors (Lipinski definition) is 0. The van der Waals surface area contributed by atoms with Gasteiger partial charge in [-0.15, -0.1) is 0 Å². The molecule has 2 heterocycles. The van der Waals surface area contributed by atoms with Gasteiger partial charge in [0.15, 0.2) is 16.3 Å². The Morgan fingerprint density at radius 1 is 1.00 bits per heavy atom. The molecule has 232 valence electrons. The van der Waals surface area contributed by atoms with E-state index in [0.717, 1.165) is 52.1 Å². The number of halogens is 3. The van der Waals surface area contributed by atoms with E-state index in [0.29, 0.717) is 35.4 Å². The lowest BCUT2D eigenvalue weighted by Crippen LogP contribution is -2.38. The SMILES string of the molecule is COc1ccc([C@H]2C3=C(N=c4s/c(=C\c5cc(Br)c(OCc6ccc(Cl)cc6Cl)c(OC)c5)c(=O)n42)c2ccccc2CC3)cc1. The molecule has 1 atom stereocenters. The Kier molecular flexibility index (Phi) is 8.55. The van der Waals surface area contributed by atoms with Crippen molar-refractivity contribution in [3.8, 4) is 17.2 Å². The monoisotopic (exact) mass is 732 g/mol. The second-order valence-corrected chi connectivity index (χ2v) is 13.7. The first-order chi connectivity index (χ1) is 22.3. The largest absolute Gasteiger partial charge is 0.497 e. The van der Waals surface area contributed by atoms with Crippen LogP contribution in [0.5, 0.6) is 17.2 Å². The van der Waals surface area contributed by atoms with E-state index in [9.17, 15) is 4.79 Å². The smallest absolute Gasteiger partial charge is 0.271 e. The van der Waals surface area contributed by atoms with Crippen molar-refractivity contribution in [1.82, 2.24) is 4.57 Å². The summed E-state index contributed by atoms with van der Waals surface area (Å²) in [5.74, 6) is 1.81. The summed E-state index contributed by atoms with van der Waals surface area (Å²) in [7, 11) is 3.23. The Bertz CT molecular complexity index is 2210. The number of aromatic nitrogens is 1. The van der Waals surface area contributed by atoms with E-state index in [1.54, 1.807) is 26.4 Å². The number of methoxy groups -OCH3 is 2. The quantitative estimate of drug-likeness (QED) is 0.170. The molecule has 0 saturated heterocycles. The van der Waals surface area contributed by atoms with Crippen molar-refractivity contribution in [2.75, 3.05) is 14.2 Å². The molecule has 0 saturated carbocycles. The van der Waals surface area contributed by atoms with Crippen molar-refractivity contribution >= 4 is 62.2 Å². The predicted octanol–water partition coefficient (Wildman–Crippen LogP) is 7.98. The molecule has 0 amide bonds. The molecular formula is C36H27BrCl2N2O4S. The van der Waals surface area contributed by atoms with Crippen LogP contribution in [0.1, 0.15) is 40.3 Å². The van der Waals surface area contributed by atoms with Gasteiger partial charge >= 0.3 is 0 Å². The zero-order valence-corrected chi connectivity index (χ0v) is 28.8. The molecule has 5 aromatic rings. The molecule has 1 aliphatic carbocycles. The number of aryl methyl sites for hydroxylation is 1. The lowest BCUT2D eigenvalue weighted by molar-refractivity contribution is 0.282. The lowest BCUT2D eigenvalue weighted by atomic mass is 9.83. The maximum absolute atomic E-state index is 14.2. The van der Waals surface area contributed by atoms with E-state index < -0.39 is 0 Å². The van der Waals surface area contributed by atoms with Gasteiger partial charge in [-0.25, -0.2) is 4.99 Å². The van der Waals surface area contributed by atoms with Crippen molar-refractivity contribution in [2.45, 2.75) is 25.5 Å². The van der Waals surface area contributed by atoms with Crippen molar-refractivity contribution in [2.24, 2.45) is 4.99 Å². The number of allylic oxidation sites excluding steroid dienone is 1. The molecule has 46 heavy (non-hydrogen) atoms. The van der Waals surface area contributed by atoms with E-state index in [2.05, 4.69) is 34.1 Å². The third kappa shape index (κ3) is 5.68. The number of hydrogen-bond acceptors (Lipinski definition) is 6. The van der Waals surface area contributed by atoms with Crippen LogP contribution in [0.2, 0.25) is 10.0 Å². The van der Waals surface area contributed by atoms with Crippen LogP contribution in [0, 0.1) is 0 Å². The first-order valence-electron chi connectivity index (χ1n) is 14.6. The van der Waals surface area contributed by atoms with Crippen LogP contribution in [0.4, 0.5) is 0 Å². The van der Waals surface area contributed by atoms with Gasteiger partial charge in [-0.2, -0.15) is 0 Å². The number of fused-ring (bicyclic) bond motifs is 3. The standard InChI is InChI=1S/C36H27BrCl2N2O4S/c1-43-25-12-8-22(9-13-25)33-27-14-10-21-5-3-4-6-26(21)32(27)40-36-41(33)35(42)31(46-36)17-20-15-28(37)34(30(16-20)44-2)45-19-23-7-11-24(38)18-29(23)39/h3-9,11-13,15-18,33H,10,14,19H2,1-2H3/b31-17-/t33-/m0/s1. The fourth-order valence-electron chi connectivity index (χ4n) is 6.01. The van der Waals surface area contributed by atoms with Gasteiger partial charge in [0.05, 0.1) is 35.0 Å². The molecule has 0 spiro atoms. The van der Waals surface area contributed by atoms with Crippen molar-refractivity contribution in [3.63, 3.8) is 0 Å². The molecule has 6 nitrogen and oxygen atoms in total. The third-order valence-corrected chi connectivity index (χ3v) is 10.4. The fraction of sp³-hybridized carbons (Fsp3) is 0.167. The first kappa shape index (κ1) is 30.8. The van der Waals surface area contributed by atoms with Crippen molar-refractivity contribution in [3.05, 3.63) is 146 Å². The summed E-state index contributed by atoms with van der Waals surface area (Å²) in [5.41, 5.74) is 7.00. The molecule has 2 aliphatic rings. The number of thiazole rings is 1. The highest BCUT2D eigenvalue weighted by atomic mass is 79.9. The second-order valence-electron chi connectivity index (χ2n) is 10.9. The normalized spacial score (nSPS) is 15.5. The summed E-state index contributed by atoms with van der Waals surface area (Å²) in [5, 5.41) is 1.08. The number of nitrogens with zero attached hydrogens (tertiary/aromatic N) is 2. The Hall–Kier alpha value is -3.82. The average molecular weight is 734 g/mol. The summed E-state index contributed by atoms with van der Waals surface area (Å²) < 4.78 is 20.3. The Labute approximate surface area is 287 Å². The van der Waals surface area contributed by atoms with Gasteiger partial charge < -0.3 is 14.2 Å². The fourth-order valence-corrected chi connectivity index (χ4v) is 8.05. The third-order valence-electron chi connectivity index (χ3n) is 8.24. The van der Waals surface area contributed by atoms with Crippen LogP contribution in [-0.2, 0) is 13.0 Å². The molecule has 0 N–H and O–H groups in total. The average Bonchev–Trinajstić information content (AvgIpc) is 3.37. The molecule has 0 fully saturated rings. The molecular weight excluding hydrogens is 707 g/mol. The minimum Gasteiger partial charge on any atom is -0.497 e. The van der Waals surface area contributed by atoms with E-state index in [1.807, 2.05) is 59.2 Å². The predicted molar refractivity (Wildman–Crippen MR) is 187 cm³/mol. The summed E-state index contributed by atoms with van der Waals surface area (Å²) >= 11 is 17.4. The maximum atomic E-state index is 14.2. The molecule has 0 bridgehead atoms. The van der Waals surface area contributed by atoms with Gasteiger partial charge in [-0.3, -0.25) is 9.36 Å². The first-order valence-corrected chi connectivity index (χ1v) is 16.9. The molecule has 4 aromatic carbocycles. The lowest BCUT2D eigenvalue weighted by Gasteiger charge is -2.30. The summed E-state index contributed by atoms with van der Waals surface area (Å²) in [6, 6.07) is 25.1. The van der Waals surface area contributed by atoms with Gasteiger partial charge in [0, 0.05) is 21.2 Å². The number of rotatable bonds is 7. The zero-order valence-electron chi connectivity index (χ0n) is 24.9. The van der Waals surface area contributed by atoms with Crippen molar-refractivity contribution in [1.29, 1.82) is 0 Å². The second kappa shape index (κ2) is 12.8. The Balaban J connectivity index is 1.31. The molecule has 1 aliphatic heterocycles. The van der Waals surface area contributed by atoms with Crippen LogP contribution in [0.25, 0.3) is 11.8 Å². The van der Waals surface area contributed by atoms with Crippen LogP contribution in [0.15, 0.2) is 98.7 Å². The van der Waals surface area contributed by atoms with E-state index in [-0.39, 0.29) is 18.2 Å². The van der Waals surface area contributed by atoms with Crippen LogP contribution in [0.3, 0.4) is 0 Å². The summed E-state index contributed by atoms with van der Waals surface area (Å²) in [6.45, 7) is 0.224. The van der Waals surface area contributed by atoms with Gasteiger partial charge in [0.2, 0.25) is 0 Å². The maximum Gasteiger partial charge on any atom is 0.271 e. The molecule has 0 unspecified atom stereocenters. The van der Waals surface area contributed by atoms with E-state index in [1.165, 1.54) is 16.9 Å². The highest BCUT2D eigenvalue weighted by Gasteiger charge is 2.32. The van der Waals surface area contributed by atoms with Gasteiger partial charge in [0.1, 0.15) is 12.4 Å². The molecule has 10 heteroatoms. The van der Waals surface area contributed by atoms with E-state index in [4.69, 9.17) is 42.4 Å². The van der Waals surface area contributed by atoms with Crippen LogP contribution >= 0.6 is 50.5 Å². The van der Waals surface area contributed by atoms with Crippen LogP contribution in [-0.4, -0.2) is 18.8 Å². The minimum absolute atomic E-state index is 0.0947. The summed E-state index contributed by atoms with van der Waals surface area (Å²) in [6.07, 6.45) is 3.59. The topological polar surface area (TPSA) is 62.0 Å². The molecule has 0 radical (unpaired) electrons. The van der Waals surface area contributed by atoms with Gasteiger partial charge in [-0.1, -0.05) is 77.0 Å². The number of benzene rings is 4. The zero-order chi connectivity index (χ0) is 31.9. The number of ether oxygens (including phenoxy) is 3. The van der Waals surface area contributed by atoms with Crippen LogP contribution < -0.4 is 29.1 Å². The summed E-state index contributed by atoms with van der Waals surface area (Å²) in [4.78, 5) is 20.0. The van der Waals surface area contributed by atoms with E-state index >= 15 is 0 Å². The molecule has 7 rings (SSSR count). The Morgan fingerprint density at radius 2 is 1.80 bits per heavy atom. The Morgan fingerprint density at radius 3 is 2.57 bits per heavy atom. The molecule has 1 aromatic heterocycles. The van der Waals surface area contributed by atoms with Gasteiger partial charge in [0.25, 0.3) is 5.56 Å². The highest BCUT2D eigenvalue weighted by molar-refractivity contribution is 9.10. The van der Waals surface area contributed by atoms with Gasteiger partial charge in [-0.05, 0) is 93.5 Å².